The lowest BCUT2D eigenvalue weighted by Crippen LogP contribution is -2.25. The van der Waals surface area contributed by atoms with E-state index in [1.54, 1.807) is 0 Å². The van der Waals surface area contributed by atoms with Crippen molar-refractivity contribution in [1.29, 1.82) is 0 Å². The predicted octanol–water partition coefficient (Wildman–Crippen LogP) is 4.17. The van der Waals surface area contributed by atoms with E-state index in [0.29, 0.717) is 17.4 Å². The lowest BCUT2D eigenvalue weighted by atomic mass is 9.96. The summed E-state index contributed by atoms with van der Waals surface area (Å²) in [7, 11) is 0. The van der Waals surface area contributed by atoms with Crippen LogP contribution in [0.5, 0.6) is 5.75 Å². The molecule has 1 N–H and O–H groups in total. The second-order valence-electron chi connectivity index (χ2n) is 6.54. The van der Waals surface area contributed by atoms with Crippen molar-refractivity contribution in [3.05, 3.63) is 29.8 Å². The van der Waals surface area contributed by atoms with Crippen molar-refractivity contribution < 1.29 is 4.74 Å². The van der Waals surface area contributed by atoms with Gasteiger partial charge in [-0.3, -0.25) is 0 Å². The maximum Gasteiger partial charge on any atom is 0.124 e. The standard InChI is InChI=1S/C17H27NO/c1-6-18-16(14-11-17(14,4)5)13-9-7-8-10-15(13)19-12(2)3/h7-10,12,14,16,18H,6,11H2,1-5H3. The van der Waals surface area contributed by atoms with Crippen molar-refractivity contribution in [3.8, 4) is 5.75 Å². The molecule has 1 aliphatic rings. The zero-order valence-corrected chi connectivity index (χ0v) is 12.9. The van der Waals surface area contributed by atoms with Gasteiger partial charge in [-0.05, 0) is 44.2 Å². The molecule has 2 nitrogen and oxygen atoms in total. The summed E-state index contributed by atoms with van der Waals surface area (Å²) in [6, 6.07) is 8.88. The third-order valence-electron chi connectivity index (χ3n) is 4.03. The molecule has 2 unspecified atom stereocenters. The summed E-state index contributed by atoms with van der Waals surface area (Å²) in [4.78, 5) is 0. The summed E-state index contributed by atoms with van der Waals surface area (Å²) in [5.41, 5.74) is 1.77. The monoisotopic (exact) mass is 261 g/mol. The number of para-hydroxylation sites is 1. The van der Waals surface area contributed by atoms with Crippen LogP contribution >= 0.6 is 0 Å². The molecule has 1 saturated carbocycles. The molecule has 0 radical (unpaired) electrons. The van der Waals surface area contributed by atoms with Crippen LogP contribution in [0.4, 0.5) is 0 Å². The lowest BCUT2D eigenvalue weighted by Gasteiger charge is -2.24. The summed E-state index contributed by atoms with van der Waals surface area (Å²) in [5, 5.41) is 3.65. The molecule has 1 aromatic carbocycles. The zero-order valence-electron chi connectivity index (χ0n) is 12.9. The number of benzene rings is 1. The predicted molar refractivity (Wildman–Crippen MR) is 80.5 cm³/mol. The minimum Gasteiger partial charge on any atom is -0.491 e. The second kappa shape index (κ2) is 5.54. The van der Waals surface area contributed by atoms with E-state index in [-0.39, 0.29) is 6.10 Å². The minimum atomic E-state index is 0.218. The van der Waals surface area contributed by atoms with Gasteiger partial charge in [0.25, 0.3) is 0 Å². The van der Waals surface area contributed by atoms with Crippen LogP contribution in [0.25, 0.3) is 0 Å². The number of hydrogen-bond donors (Lipinski definition) is 1. The normalized spacial score (nSPS) is 22.3. The fourth-order valence-corrected chi connectivity index (χ4v) is 2.86. The lowest BCUT2D eigenvalue weighted by molar-refractivity contribution is 0.236. The van der Waals surface area contributed by atoms with Gasteiger partial charge in [0.1, 0.15) is 5.75 Å². The van der Waals surface area contributed by atoms with Gasteiger partial charge < -0.3 is 10.1 Å². The third kappa shape index (κ3) is 3.30. The van der Waals surface area contributed by atoms with Gasteiger partial charge >= 0.3 is 0 Å². The smallest absolute Gasteiger partial charge is 0.124 e. The van der Waals surface area contributed by atoms with Crippen molar-refractivity contribution in [2.45, 2.75) is 53.2 Å². The Labute approximate surface area is 117 Å². The van der Waals surface area contributed by atoms with Gasteiger partial charge in [-0.25, -0.2) is 0 Å². The van der Waals surface area contributed by atoms with Crippen LogP contribution in [0.1, 0.15) is 52.6 Å². The SMILES string of the molecule is CCNC(c1ccccc1OC(C)C)C1CC1(C)C. The van der Waals surface area contributed by atoms with E-state index in [2.05, 4.69) is 64.2 Å². The van der Waals surface area contributed by atoms with Crippen LogP contribution < -0.4 is 10.1 Å². The van der Waals surface area contributed by atoms with E-state index in [4.69, 9.17) is 4.74 Å². The number of rotatable bonds is 6. The summed E-state index contributed by atoms with van der Waals surface area (Å²) < 4.78 is 5.98. The molecule has 0 aliphatic heterocycles. The molecule has 2 rings (SSSR count). The molecule has 0 bridgehead atoms. The van der Waals surface area contributed by atoms with Gasteiger partial charge in [-0.15, -0.1) is 0 Å². The van der Waals surface area contributed by atoms with Gasteiger partial charge in [-0.2, -0.15) is 0 Å². The van der Waals surface area contributed by atoms with E-state index < -0.39 is 0 Å². The number of ether oxygens (including phenoxy) is 1. The molecule has 1 aliphatic carbocycles. The Bertz CT molecular complexity index is 425. The molecule has 0 amide bonds. The molecular weight excluding hydrogens is 234 g/mol. The molecule has 106 valence electrons. The maximum atomic E-state index is 5.98. The Morgan fingerprint density at radius 1 is 1.32 bits per heavy atom. The third-order valence-corrected chi connectivity index (χ3v) is 4.03. The quantitative estimate of drug-likeness (QED) is 0.830. The van der Waals surface area contributed by atoms with E-state index in [1.165, 1.54) is 12.0 Å². The summed E-state index contributed by atoms with van der Waals surface area (Å²) in [5.74, 6) is 1.75. The van der Waals surface area contributed by atoms with Crippen LogP contribution in [0.3, 0.4) is 0 Å². The first-order valence-corrected chi connectivity index (χ1v) is 7.44. The fourth-order valence-electron chi connectivity index (χ4n) is 2.86. The zero-order chi connectivity index (χ0) is 14.0. The molecule has 2 heteroatoms. The van der Waals surface area contributed by atoms with Gasteiger partial charge in [0.2, 0.25) is 0 Å². The first kappa shape index (κ1) is 14.4. The van der Waals surface area contributed by atoms with Crippen LogP contribution in [0.15, 0.2) is 24.3 Å². The Hall–Kier alpha value is -1.02. The molecular formula is C17H27NO. The van der Waals surface area contributed by atoms with Crippen LogP contribution in [-0.4, -0.2) is 12.6 Å². The summed E-state index contributed by atoms with van der Waals surface area (Å²) in [6.07, 6.45) is 1.51. The molecule has 2 atom stereocenters. The summed E-state index contributed by atoms with van der Waals surface area (Å²) in [6.45, 7) is 12.0. The summed E-state index contributed by atoms with van der Waals surface area (Å²) >= 11 is 0. The van der Waals surface area contributed by atoms with E-state index in [9.17, 15) is 0 Å². The highest BCUT2D eigenvalue weighted by Gasteiger charge is 2.50. The largest absolute Gasteiger partial charge is 0.491 e. The van der Waals surface area contributed by atoms with Gasteiger partial charge in [0.15, 0.2) is 0 Å². The van der Waals surface area contributed by atoms with E-state index >= 15 is 0 Å². The van der Waals surface area contributed by atoms with Crippen LogP contribution in [-0.2, 0) is 0 Å². The minimum absolute atomic E-state index is 0.218. The molecule has 0 heterocycles. The first-order valence-electron chi connectivity index (χ1n) is 7.44. The van der Waals surface area contributed by atoms with Gasteiger partial charge in [0.05, 0.1) is 6.10 Å². The van der Waals surface area contributed by atoms with Crippen molar-refractivity contribution in [3.63, 3.8) is 0 Å². The van der Waals surface area contributed by atoms with Gasteiger partial charge in [0, 0.05) is 11.6 Å². The molecule has 1 aromatic rings. The van der Waals surface area contributed by atoms with Crippen molar-refractivity contribution in [2.24, 2.45) is 11.3 Å². The Morgan fingerprint density at radius 3 is 2.47 bits per heavy atom. The number of hydrogen-bond acceptors (Lipinski definition) is 2. The highest BCUT2D eigenvalue weighted by Crippen LogP contribution is 2.58. The highest BCUT2D eigenvalue weighted by atomic mass is 16.5. The molecule has 0 spiro atoms. The Kier molecular flexibility index (Phi) is 4.19. The highest BCUT2D eigenvalue weighted by molar-refractivity contribution is 5.37. The van der Waals surface area contributed by atoms with E-state index in [1.807, 2.05) is 0 Å². The van der Waals surface area contributed by atoms with Crippen molar-refractivity contribution in [2.75, 3.05) is 6.54 Å². The van der Waals surface area contributed by atoms with Crippen molar-refractivity contribution in [1.82, 2.24) is 5.32 Å². The Morgan fingerprint density at radius 2 is 1.95 bits per heavy atom. The average molecular weight is 261 g/mol. The van der Waals surface area contributed by atoms with Gasteiger partial charge in [-0.1, -0.05) is 39.0 Å². The van der Waals surface area contributed by atoms with Crippen LogP contribution in [0.2, 0.25) is 0 Å². The van der Waals surface area contributed by atoms with Crippen LogP contribution in [0, 0.1) is 11.3 Å². The Balaban J connectivity index is 2.26. The topological polar surface area (TPSA) is 21.3 Å². The molecule has 0 saturated heterocycles. The molecule has 0 aromatic heterocycles. The molecule has 19 heavy (non-hydrogen) atoms. The molecule has 1 fully saturated rings. The number of nitrogens with one attached hydrogen (secondary N) is 1. The van der Waals surface area contributed by atoms with Crippen molar-refractivity contribution >= 4 is 0 Å². The van der Waals surface area contributed by atoms with E-state index in [0.717, 1.165) is 12.3 Å². The second-order valence-corrected chi connectivity index (χ2v) is 6.54. The first-order chi connectivity index (χ1) is 8.95. The fraction of sp³-hybridized carbons (Fsp3) is 0.647. The average Bonchev–Trinajstić information content (AvgIpc) is 2.95. The maximum absolute atomic E-state index is 5.98.